The summed E-state index contributed by atoms with van der Waals surface area (Å²) in [4.78, 5) is 11.7. The molecule has 6 nitrogen and oxygen atoms in total. The van der Waals surface area contributed by atoms with Crippen LogP contribution in [0.1, 0.15) is 40.0 Å². The minimum absolute atomic E-state index is 0.0393. The first-order chi connectivity index (χ1) is 11.6. The van der Waals surface area contributed by atoms with Crippen molar-refractivity contribution < 1.29 is 9.53 Å². The van der Waals surface area contributed by atoms with E-state index < -0.39 is 0 Å². The predicted molar refractivity (Wildman–Crippen MR) is 95.7 cm³/mol. The molecule has 0 aliphatic rings. The van der Waals surface area contributed by atoms with Crippen molar-refractivity contribution in [2.75, 3.05) is 10.6 Å². The molecule has 1 aromatic carbocycles. The van der Waals surface area contributed by atoms with Gasteiger partial charge in [0.05, 0.1) is 11.8 Å². The number of anilines is 3. The lowest BCUT2D eigenvalue weighted by Gasteiger charge is -2.14. The molecule has 2 rings (SSSR count). The van der Waals surface area contributed by atoms with Gasteiger partial charge in [0.15, 0.2) is 11.6 Å². The van der Waals surface area contributed by atoms with Crippen molar-refractivity contribution in [3.63, 3.8) is 0 Å². The zero-order valence-corrected chi connectivity index (χ0v) is 14.4. The van der Waals surface area contributed by atoms with Gasteiger partial charge in [-0.3, -0.25) is 4.79 Å². The van der Waals surface area contributed by atoms with Crippen LogP contribution >= 0.6 is 0 Å². The van der Waals surface area contributed by atoms with Crippen LogP contribution in [0.2, 0.25) is 0 Å². The minimum Gasteiger partial charge on any atom is -0.489 e. The quantitative estimate of drug-likeness (QED) is 0.762. The van der Waals surface area contributed by atoms with Crippen LogP contribution in [0.3, 0.4) is 0 Å². The van der Waals surface area contributed by atoms with E-state index in [1.165, 1.54) is 0 Å². The lowest BCUT2D eigenvalue weighted by molar-refractivity contribution is -0.116. The third-order valence-electron chi connectivity index (χ3n) is 3.20. The number of nitrogens with one attached hydrogen (secondary N) is 2. The molecule has 0 saturated heterocycles. The van der Waals surface area contributed by atoms with Crippen LogP contribution in [-0.4, -0.2) is 22.2 Å². The summed E-state index contributed by atoms with van der Waals surface area (Å²) in [7, 11) is 0. The standard InChI is InChI=1S/C18H24N4O2/c1-4-5-10-18(23)20-17-12-11-16(21-22-17)19-14-8-6-7-9-15(14)24-13(2)3/h6-9,11-13H,4-5,10H2,1-3H3,(H,19,21)(H,20,22,23). The zero-order chi connectivity index (χ0) is 17.4. The Morgan fingerprint density at radius 1 is 1.12 bits per heavy atom. The Kier molecular flexibility index (Phi) is 6.54. The third-order valence-corrected chi connectivity index (χ3v) is 3.20. The van der Waals surface area contributed by atoms with Crippen molar-refractivity contribution in [2.45, 2.75) is 46.1 Å². The fourth-order valence-electron chi connectivity index (χ4n) is 2.07. The number of aromatic nitrogens is 2. The second-order valence-corrected chi connectivity index (χ2v) is 5.74. The van der Waals surface area contributed by atoms with Gasteiger partial charge in [0.1, 0.15) is 5.75 Å². The summed E-state index contributed by atoms with van der Waals surface area (Å²) in [5, 5.41) is 14.0. The van der Waals surface area contributed by atoms with E-state index in [0.717, 1.165) is 24.3 Å². The Morgan fingerprint density at radius 3 is 2.50 bits per heavy atom. The van der Waals surface area contributed by atoms with Gasteiger partial charge in [-0.05, 0) is 44.5 Å². The van der Waals surface area contributed by atoms with Gasteiger partial charge in [-0.15, -0.1) is 10.2 Å². The first kappa shape index (κ1) is 17.7. The van der Waals surface area contributed by atoms with Crippen molar-refractivity contribution in [1.29, 1.82) is 0 Å². The van der Waals surface area contributed by atoms with E-state index in [0.29, 0.717) is 18.1 Å². The molecule has 24 heavy (non-hydrogen) atoms. The van der Waals surface area contributed by atoms with E-state index in [-0.39, 0.29) is 12.0 Å². The highest BCUT2D eigenvalue weighted by atomic mass is 16.5. The fourth-order valence-corrected chi connectivity index (χ4v) is 2.07. The lowest BCUT2D eigenvalue weighted by atomic mass is 10.2. The Bertz CT molecular complexity index is 656. The van der Waals surface area contributed by atoms with Gasteiger partial charge >= 0.3 is 0 Å². The Balaban J connectivity index is 2.00. The molecule has 2 N–H and O–H groups in total. The van der Waals surface area contributed by atoms with Crippen molar-refractivity contribution in [2.24, 2.45) is 0 Å². The van der Waals surface area contributed by atoms with E-state index in [9.17, 15) is 4.79 Å². The maximum Gasteiger partial charge on any atom is 0.225 e. The number of rotatable bonds is 8. The Morgan fingerprint density at radius 2 is 1.83 bits per heavy atom. The van der Waals surface area contributed by atoms with Crippen molar-refractivity contribution in [3.05, 3.63) is 36.4 Å². The Labute approximate surface area is 142 Å². The van der Waals surface area contributed by atoms with Gasteiger partial charge in [-0.25, -0.2) is 0 Å². The first-order valence-corrected chi connectivity index (χ1v) is 8.24. The summed E-state index contributed by atoms with van der Waals surface area (Å²) >= 11 is 0. The third kappa shape index (κ3) is 5.53. The molecule has 0 radical (unpaired) electrons. The van der Waals surface area contributed by atoms with Crippen molar-refractivity contribution in [1.82, 2.24) is 10.2 Å². The van der Waals surface area contributed by atoms with Crippen LogP contribution in [0, 0.1) is 0 Å². The molecule has 1 amide bonds. The molecule has 1 heterocycles. The number of hydrogen-bond donors (Lipinski definition) is 2. The van der Waals surface area contributed by atoms with Gasteiger partial charge in [0.25, 0.3) is 0 Å². The number of unbranched alkanes of at least 4 members (excludes halogenated alkanes) is 1. The second-order valence-electron chi connectivity index (χ2n) is 5.74. The van der Waals surface area contributed by atoms with Crippen LogP contribution < -0.4 is 15.4 Å². The monoisotopic (exact) mass is 328 g/mol. The predicted octanol–water partition coefficient (Wildman–Crippen LogP) is 4.14. The highest BCUT2D eigenvalue weighted by molar-refractivity contribution is 5.89. The van der Waals surface area contributed by atoms with Crippen LogP contribution in [0.15, 0.2) is 36.4 Å². The summed E-state index contributed by atoms with van der Waals surface area (Å²) in [6.45, 7) is 6.01. The van der Waals surface area contributed by atoms with Crippen LogP contribution in [-0.2, 0) is 4.79 Å². The van der Waals surface area contributed by atoms with E-state index in [2.05, 4.69) is 20.8 Å². The average Bonchev–Trinajstić information content (AvgIpc) is 2.56. The van der Waals surface area contributed by atoms with E-state index >= 15 is 0 Å². The zero-order valence-electron chi connectivity index (χ0n) is 14.4. The van der Waals surface area contributed by atoms with Gasteiger partial charge in [0.2, 0.25) is 5.91 Å². The summed E-state index contributed by atoms with van der Waals surface area (Å²) in [6.07, 6.45) is 2.43. The van der Waals surface area contributed by atoms with Crippen molar-refractivity contribution in [3.8, 4) is 5.75 Å². The number of nitrogens with zero attached hydrogens (tertiary/aromatic N) is 2. The molecule has 0 aliphatic carbocycles. The normalized spacial score (nSPS) is 10.5. The fraction of sp³-hybridized carbons (Fsp3) is 0.389. The molecule has 0 bridgehead atoms. The molecule has 0 saturated carbocycles. The molecule has 2 aromatic rings. The molecule has 0 atom stereocenters. The first-order valence-electron chi connectivity index (χ1n) is 8.24. The summed E-state index contributed by atoms with van der Waals surface area (Å²) in [6, 6.07) is 11.2. The van der Waals surface area contributed by atoms with Gasteiger partial charge in [0, 0.05) is 6.42 Å². The van der Waals surface area contributed by atoms with Crippen LogP contribution in [0.25, 0.3) is 0 Å². The molecular formula is C18H24N4O2. The smallest absolute Gasteiger partial charge is 0.225 e. The van der Waals surface area contributed by atoms with E-state index in [1.807, 2.05) is 45.0 Å². The number of carbonyl (C=O) groups is 1. The van der Waals surface area contributed by atoms with Gasteiger partial charge < -0.3 is 15.4 Å². The molecule has 0 aliphatic heterocycles. The molecule has 0 spiro atoms. The second kappa shape index (κ2) is 8.86. The van der Waals surface area contributed by atoms with Crippen LogP contribution in [0.4, 0.5) is 17.3 Å². The molecule has 1 aromatic heterocycles. The number of amides is 1. The number of para-hydroxylation sites is 2. The Hall–Kier alpha value is -2.63. The SMILES string of the molecule is CCCCC(=O)Nc1ccc(Nc2ccccc2OC(C)C)nn1. The highest BCUT2D eigenvalue weighted by Crippen LogP contribution is 2.27. The number of carbonyl (C=O) groups excluding carboxylic acids is 1. The van der Waals surface area contributed by atoms with Gasteiger partial charge in [-0.2, -0.15) is 0 Å². The number of benzene rings is 1. The minimum atomic E-state index is -0.0393. The molecule has 128 valence electrons. The number of ether oxygens (including phenoxy) is 1. The topological polar surface area (TPSA) is 76.1 Å². The molecule has 0 unspecified atom stereocenters. The van der Waals surface area contributed by atoms with Crippen LogP contribution in [0.5, 0.6) is 5.75 Å². The highest BCUT2D eigenvalue weighted by Gasteiger charge is 2.07. The number of hydrogen-bond acceptors (Lipinski definition) is 5. The van der Waals surface area contributed by atoms with E-state index in [4.69, 9.17) is 4.74 Å². The molecule has 6 heteroatoms. The van der Waals surface area contributed by atoms with E-state index in [1.54, 1.807) is 12.1 Å². The maximum atomic E-state index is 11.7. The summed E-state index contributed by atoms with van der Waals surface area (Å²) in [5.41, 5.74) is 0.820. The molecule has 0 fully saturated rings. The maximum absolute atomic E-state index is 11.7. The summed E-state index contributed by atoms with van der Waals surface area (Å²) in [5.74, 6) is 1.75. The average molecular weight is 328 g/mol. The van der Waals surface area contributed by atoms with Gasteiger partial charge in [-0.1, -0.05) is 25.5 Å². The molecular weight excluding hydrogens is 304 g/mol. The van der Waals surface area contributed by atoms with Crippen molar-refractivity contribution >= 4 is 23.2 Å². The largest absolute Gasteiger partial charge is 0.489 e. The lowest BCUT2D eigenvalue weighted by Crippen LogP contribution is -2.12. The summed E-state index contributed by atoms with van der Waals surface area (Å²) < 4.78 is 5.76.